The van der Waals surface area contributed by atoms with Crippen molar-refractivity contribution in [3.63, 3.8) is 0 Å². The first kappa shape index (κ1) is 41.1. The van der Waals surface area contributed by atoms with Crippen LogP contribution in [0.15, 0.2) is 104 Å². The van der Waals surface area contributed by atoms with Gasteiger partial charge in [0.05, 0.1) is 16.7 Å². The number of imidazole rings is 1. The molecule has 8 rings (SSSR count). The van der Waals surface area contributed by atoms with Crippen LogP contribution in [0.1, 0.15) is 105 Å². The van der Waals surface area contributed by atoms with Crippen LogP contribution in [0.5, 0.6) is 11.5 Å². The maximum absolute atomic E-state index is 6.56. The molecule has 300 valence electrons. The Labute approximate surface area is 358 Å². The number of pyridine rings is 2. The van der Waals surface area contributed by atoms with Gasteiger partial charge in [0.25, 0.3) is 6.33 Å². The van der Waals surface area contributed by atoms with Crippen molar-refractivity contribution in [3.05, 3.63) is 144 Å². The van der Waals surface area contributed by atoms with Crippen LogP contribution >= 0.6 is 0 Å². The van der Waals surface area contributed by atoms with Crippen LogP contribution in [0.3, 0.4) is 0 Å². The van der Waals surface area contributed by atoms with E-state index in [1.54, 1.807) is 12.4 Å². The molecule has 0 unspecified atom stereocenters. The molecule has 0 radical (unpaired) electrons. The molecular weight excluding hydrogens is 894 g/mol. The summed E-state index contributed by atoms with van der Waals surface area (Å²) >= 11 is 0. The Bertz CT molecular complexity index is 2780. The van der Waals surface area contributed by atoms with Crippen molar-refractivity contribution in [2.45, 2.75) is 105 Å². The molecule has 0 fully saturated rings. The molecule has 0 amide bonds. The third-order valence-electron chi connectivity index (χ3n) is 10.9. The third-order valence-corrected chi connectivity index (χ3v) is 10.9. The van der Waals surface area contributed by atoms with E-state index in [0.717, 1.165) is 50.0 Å². The summed E-state index contributed by atoms with van der Waals surface area (Å²) in [5.41, 5.74) is 10.7. The number of benzene rings is 4. The summed E-state index contributed by atoms with van der Waals surface area (Å²) in [6, 6.07) is 37.6. The van der Waals surface area contributed by atoms with E-state index in [2.05, 4.69) is 195 Å². The average Bonchev–Trinajstić information content (AvgIpc) is 3.69. The minimum Gasteiger partial charge on any atom is -0.508 e. The smallest absolute Gasteiger partial charge is 0.268 e. The van der Waals surface area contributed by atoms with Gasteiger partial charge >= 0.3 is 0 Å². The minimum absolute atomic E-state index is 0. The Hall–Kier alpha value is -5.06. The van der Waals surface area contributed by atoms with E-state index in [9.17, 15) is 0 Å². The van der Waals surface area contributed by atoms with Crippen LogP contribution in [0, 0.1) is 18.5 Å². The maximum atomic E-state index is 6.56. The zero-order valence-corrected chi connectivity index (χ0v) is 38.0. The second kappa shape index (κ2) is 14.6. The van der Waals surface area contributed by atoms with Gasteiger partial charge in [-0.3, -0.25) is 4.57 Å². The molecule has 0 aliphatic rings. The quantitative estimate of drug-likeness (QED) is 0.128. The monoisotopic (exact) mass is 946 g/mol. The van der Waals surface area contributed by atoms with Gasteiger partial charge in [-0.1, -0.05) is 137 Å². The van der Waals surface area contributed by atoms with Crippen LogP contribution in [-0.4, -0.2) is 19.1 Å². The van der Waals surface area contributed by atoms with Crippen molar-refractivity contribution in [2.24, 2.45) is 0 Å². The summed E-state index contributed by atoms with van der Waals surface area (Å²) in [5, 5.41) is 2.23. The van der Waals surface area contributed by atoms with Gasteiger partial charge in [-0.05, 0) is 91.5 Å². The third kappa shape index (κ3) is 7.76. The number of hydrogen-bond donors (Lipinski definition) is 0. The Morgan fingerprint density at radius 1 is 0.586 bits per heavy atom. The summed E-state index contributed by atoms with van der Waals surface area (Å²) < 4.78 is 12.9. The van der Waals surface area contributed by atoms with Gasteiger partial charge in [-0.25, -0.2) is 4.98 Å². The Kier molecular flexibility index (Phi) is 10.4. The van der Waals surface area contributed by atoms with Crippen LogP contribution < -0.4 is 9.30 Å². The van der Waals surface area contributed by atoms with Gasteiger partial charge in [0.15, 0.2) is 0 Å². The topological polar surface area (TPSA) is 48.8 Å². The van der Waals surface area contributed by atoms with Crippen molar-refractivity contribution in [2.75, 3.05) is 0 Å². The molecule has 0 aliphatic carbocycles. The van der Waals surface area contributed by atoms with E-state index in [4.69, 9.17) is 9.72 Å². The predicted molar refractivity (Wildman–Crippen MR) is 233 cm³/mol. The molecule has 0 aliphatic heterocycles. The Morgan fingerprint density at radius 3 is 1.90 bits per heavy atom. The van der Waals surface area contributed by atoms with E-state index < -0.39 is 0 Å². The second-order valence-electron chi connectivity index (χ2n) is 19.5. The van der Waals surface area contributed by atoms with Crippen LogP contribution in [0.2, 0.25) is 0 Å². The van der Waals surface area contributed by atoms with Crippen molar-refractivity contribution in [1.82, 2.24) is 19.1 Å². The average molecular weight is 947 g/mol. The first-order valence-corrected chi connectivity index (χ1v) is 19.9. The zero-order chi connectivity index (χ0) is 40.7. The summed E-state index contributed by atoms with van der Waals surface area (Å²) in [4.78, 5) is 9.54. The molecule has 0 atom stereocenters. The molecule has 6 nitrogen and oxygen atoms in total. The van der Waals surface area contributed by atoms with Crippen molar-refractivity contribution < 1.29 is 30.4 Å². The number of hydrogen-bond acceptors (Lipinski definition) is 3. The number of para-hydroxylation sites is 2. The summed E-state index contributed by atoms with van der Waals surface area (Å²) in [5.74, 6) is 1.90. The molecule has 0 bridgehead atoms. The van der Waals surface area contributed by atoms with Gasteiger partial charge in [0.2, 0.25) is 0 Å². The largest absolute Gasteiger partial charge is 0.508 e. The molecule has 4 aromatic heterocycles. The molecule has 7 heteroatoms. The van der Waals surface area contributed by atoms with Crippen LogP contribution in [-0.2, 0) is 42.7 Å². The SMILES string of the molecule is CC(C)(C)c1cc(-[n+]2[c-]n(-c3[c-]c(Oc4[c-]c5c(cc4)c4ccc(C(C)(C)C)cc4n5-c4cc(C(C)(C)C)ccn4)cnc3)c3ccccc32)cc(C(C)(C)C)c1.[Pt]. The molecular formula is C51H53N5OPt-2. The molecule has 0 saturated carbocycles. The Balaban J connectivity index is 0.00000512. The molecule has 4 heterocycles. The summed E-state index contributed by atoms with van der Waals surface area (Å²) in [6.45, 7) is 27.0. The molecule has 0 N–H and O–H groups in total. The van der Waals surface area contributed by atoms with E-state index in [0.29, 0.717) is 11.5 Å². The maximum Gasteiger partial charge on any atom is 0.268 e. The summed E-state index contributed by atoms with van der Waals surface area (Å²) in [6.07, 6.45) is 9.06. The van der Waals surface area contributed by atoms with E-state index in [1.165, 1.54) is 22.3 Å². The van der Waals surface area contributed by atoms with Crippen molar-refractivity contribution >= 4 is 32.8 Å². The van der Waals surface area contributed by atoms with Crippen LogP contribution in [0.25, 0.3) is 50.0 Å². The zero-order valence-electron chi connectivity index (χ0n) is 35.8. The first-order chi connectivity index (χ1) is 26.8. The number of nitrogens with zero attached hydrogens (tertiary/aromatic N) is 5. The standard InChI is InChI=1S/C51H53N5O.Pt/c1-48(2,3)33-17-19-41-42-20-18-39(29-46(42)56(45(41)26-33)47-27-34(21-22-53-47)49(4,5)6)57-40-28-38(30-52-31-40)55-32-54(43-15-13-14-16-44(43)55)37-24-35(50(7,8)9)23-36(25-37)51(10,11)12;/h13-27,30-31H,1-12H3;/q-2;. The van der Waals surface area contributed by atoms with Crippen molar-refractivity contribution in [3.8, 4) is 28.7 Å². The number of ether oxygens (including phenoxy) is 1. The van der Waals surface area contributed by atoms with E-state index in [-0.39, 0.29) is 42.7 Å². The Morgan fingerprint density at radius 2 is 1.22 bits per heavy atom. The molecule has 4 aromatic carbocycles. The molecule has 58 heavy (non-hydrogen) atoms. The molecule has 0 spiro atoms. The van der Waals surface area contributed by atoms with Gasteiger partial charge in [0, 0.05) is 44.3 Å². The van der Waals surface area contributed by atoms with Gasteiger partial charge in [-0.2, -0.15) is 6.07 Å². The fraction of sp³-hybridized carbons (Fsp3) is 0.314. The number of fused-ring (bicyclic) bond motifs is 4. The first-order valence-electron chi connectivity index (χ1n) is 19.9. The second-order valence-corrected chi connectivity index (χ2v) is 19.5. The molecule has 0 saturated heterocycles. The minimum atomic E-state index is -0.0353. The van der Waals surface area contributed by atoms with Gasteiger partial charge < -0.3 is 18.9 Å². The summed E-state index contributed by atoms with van der Waals surface area (Å²) in [7, 11) is 0. The number of aromatic nitrogens is 5. The number of rotatable bonds is 5. The van der Waals surface area contributed by atoms with E-state index >= 15 is 0 Å². The fourth-order valence-electron chi connectivity index (χ4n) is 7.38. The fourth-order valence-corrected chi connectivity index (χ4v) is 7.38. The van der Waals surface area contributed by atoms with E-state index in [1.807, 2.05) is 16.8 Å². The van der Waals surface area contributed by atoms with Crippen LogP contribution in [0.4, 0.5) is 0 Å². The predicted octanol–water partition coefficient (Wildman–Crippen LogP) is 12.2. The van der Waals surface area contributed by atoms with Gasteiger partial charge in [0.1, 0.15) is 5.82 Å². The van der Waals surface area contributed by atoms with Crippen molar-refractivity contribution in [1.29, 1.82) is 0 Å². The normalized spacial score (nSPS) is 12.7. The van der Waals surface area contributed by atoms with Gasteiger partial charge in [-0.15, -0.1) is 23.6 Å². The molecule has 8 aromatic rings.